The molecule has 0 fully saturated rings. The van der Waals surface area contributed by atoms with E-state index < -0.39 is 0 Å². The molecular formula is C22H22O5P2. The average Bonchev–Trinajstić information content (AvgIpc) is 2.76. The second-order valence-corrected chi connectivity index (χ2v) is 9.34. The van der Waals surface area contributed by atoms with E-state index in [1.54, 1.807) is 12.7 Å². The molecule has 0 radical (unpaired) electrons. The molecule has 7 heteroatoms. The van der Waals surface area contributed by atoms with Crippen LogP contribution in [0.3, 0.4) is 0 Å². The van der Waals surface area contributed by atoms with Gasteiger partial charge in [-0.3, -0.25) is 9.59 Å². The summed E-state index contributed by atoms with van der Waals surface area (Å²) in [4.78, 5) is 36.3. The van der Waals surface area contributed by atoms with Crippen molar-refractivity contribution in [2.75, 3.05) is 19.9 Å². The molecule has 4 rings (SSSR count). The van der Waals surface area contributed by atoms with Crippen LogP contribution in [0.1, 0.15) is 38.3 Å². The van der Waals surface area contributed by atoms with Gasteiger partial charge in [0.25, 0.3) is 0 Å². The van der Waals surface area contributed by atoms with Crippen LogP contribution in [-0.2, 0) is 17.8 Å². The fourth-order valence-corrected chi connectivity index (χ4v) is 4.94. The second kappa shape index (κ2) is 8.34. The largest absolute Gasteiger partial charge is 0.488 e. The highest BCUT2D eigenvalue weighted by molar-refractivity contribution is 7.56. The van der Waals surface area contributed by atoms with Crippen molar-refractivity contribution in [1.29, 1.82) is 0 Å². The molecule has 0 N–H and O–H groups in total. The fourth-order valence-electron chi connectivity index (χ4n) is 3.88. The van der Waals surface area contributed by atoms with Gasteiger partial charge in [-0.2, -0.15) is 0 Å². The van der Waals surface area contributed by atoms with Crippen molar-refractivity contribution in [3.63, 3.8) is 0 Å². The van der Waals surface area contributed by atoms with Crippen LogP contribution in [0.15, 0.2) is 30.3 Å². The lowest BCUT2D eigenvalue weighted by Gasteiger charge is -2.27. The monoisotopic (exact) mass is 428 g/mol. The summed E-state index contributed by atoms with van der Waals surface area (Å²) in [6.45, 7) is 3.90. The Bertz CT molecular complexity index is 1010. The van der Waals surface area contributed by atoms with Crippen LogP contribution in [0.25, 0.3) is 11.1 Å². The van der Waals surface area contributed by atoms with Gasteiger partial charge in [-0.25, -0.2) is 4.79 Å². The van der Waals surface area contributed by atoms with E-state index >= 15 is 0 Å². The first-order chi connectivity index (χ1) is 14.0. The third-order valence-electron chi connectivity index (χ3n) is 5.48. The fraction of sp³-hybridized carbons (Fsp3) is 0.318. The Hall–Kier alpha value is -2.09. The van der Waals surface area contributed by atoms with Gasteiger partial charge >= 0.3 is 5.71 Å². The van der Waals surface area contributed by atoms with Gasteiger partial charge in [-0.15, -0.1) is 8.58 Å². The molecule has 5 nitrogen and oxygen atoms in total. The summed E-state index contributed by atoms with van der Waals surface area (Å²) in [5.74, 6) is 0.724. The normalized spacial score (nSPS) is 17.7. The van der Waals surface area contributed by atoms with Crippen LogP contribution < -0.4 is 4.74 Å². The van der Waals surface area contributed by atoms with Crippen LogP contribution in [0.4, 0.5) is 4.79 Å². The summed E-state index contributed by atoms with van der Waals surface area (Å²) in [6.07, 6.45) is 1.80. The Morgan fingerprint density at radius 3 is 2.69 bits per heavy atom. The molecule has 0 bridgehead atoms. The van der Waals surface area contributed by atoms with Crippen molar-refractivity contribution >= 4 is 34.4 Å². The van der Waals surface area contributed by atoms with Crippen molar-refractivity contribution in [2.45, 2.75) is 25.1 Å². The second-order valence-electron chi connectivity index (χ2n) is 7.16. The summed E-state index contributed by atoms with van der Waals surface area (Å²) in [6, 6.07) is 9.45. The number of hydrogen-bond donors (Lipinski definition) is 0. The predicted octanol–water partition coefficient (Wildman–Crippen LogP) is 4.68. The van der Waals surface area contributed by atoms with Crippen LogP contribution in [0.5, 0.6) is 5.75 Å². The van der Waals surface area contributed by atoms with E-state index in [9.17, 15) is 14.4 Å². The summed E-state index contributed by atoms with van der Waals surface area (Å²) in [7, 11) is 0.634. The maximum atomic E-state index is 12.7. The van der Waals surface area contributed by atoms with Gasteiger partial charge in [0.05, 0.1) is 0 Å². The molecule has 1 heterocycles. The van der Waals surface area contributed by atoms with E-state index in [4.69, 9.17) is 9.47 Å². The number of ketones is 2. The highest BCUT2D eigenvalue weighted by atomic mass is 31.1. The van der Waals surface area contributed by atoms with E-state index in [1.165, 1.54) is 0 Å². The van der Waals surface area contributed by atoms with Crippen molar-refractivity contribution in [1.82, 2.24) is 0 Å². The van der Waals surface area contributed by atoms with Crippen LogP contribution in [-0.4, -0.2) is 42.9 Å². The van der Waals surface area contributed by atoms with E-state index in [2.05, 4.69) is 12.7 Å². The molecule has 2 aromatic carbocycles. The summed E-state index contributed by atoms with van der Waals surface area (Å²) >= 11 is 0. The van der Waals surface area contributed by atoms with Gasteiger partial charge in [0.15, 0.2) is 18.2 Å². The molecule has 150 valence electrons. The first kappa shape index (κ1) is 20.2. The number of aryl methyl sites for hydroxylation is 1. The Labute approximate surface area is 173 Å². The molecule has 3 atom stereocenters. The highest BCUT2D eigenvalue weighted by Crippen LogP contribution is 2.42. The first-order valence-electron chi connectivity index (χ1n) is 9.54. The lowest BCUT2D eigenvalue weighted by Crippen LogP contribution is -2.24. The number of carbonyl (C=O) groups excluding carboxylic acids is 3. The molecule has 0 amide bonds. The maximum Gasteiger partial charge on any atom is 0.323 e. The minimum Gasteiger partial charge on any atom is -0.488 e. The molecule has 0 aromatic heterocycles. The Morgan fingerprint density at radius 1 is 1.10 bits per heavy atom. The molecule has 29 heavy (non-hydrogen) atoms. The zero-order valence-corrected chi connectivity index (χ0v) is 18.3. The molecule has 2 aromatic rings. The summed E-state index contributed by atoms with van der Waals surface area (Å²) < 4.78 is 10.9. The highest BCUT2D eigenvalue weighted by Gasteiger charge is 2.29. The maximum absolute atomic E-state index is 12.7. The van der Waals surface area contributed by atoms with E-state index in [0.29, 0.717) is 20.8 Å². The minimum atomic E-state index is -0.362. The van der Waals surface area contributed by atoms with Crippen LogP contribution in [0, 0.1) is 0 Å². The quantitative estimate of drug-likeness (QED) is 0.511. The van der Waals surface area contributed by atoms with E-state index in [1.807, 2.05) is 18.2 Å². The number of Topliss-reactive ketones (excluding diaryl/α,β-unsaturated/α-hetero) is 2. The third-order valence-corrected chi connectivity index (χ3v) is 7.28. The number of hydrogen-bond acceptors (Lipinski definition) is 5. The van der Waals surface area contributed by atoms with Gasteiger partial charge < -0.3 is 9.47 Å². The standard InChI is InChI=1S/C22H22O5P2/c1-28-20-6-4-12-8-17-15-5-3-13(18(23)11-27-22(25)29-2)7-14(15)10-26-19(17)9-16(12)21(20)24/h3,5,7-9,20,28-29H,4,6,10-11H2,1-2H3. The van der Waals surface area contributed by atoms with Gasteiger partial charge in [0.1, 0.15) is 12.4 Å². The lowest BCUT2D eigenvalue weighted by molar-refractivity contribution is 0.0876. The Kier molecular flexibility index (Phi) is 5.81. The average molecular weight is 428 g/mol. The Morgan fingerprint density at radius 2 is 1.93 bits per heavy atom. The SMILES string of the molecule is CPC(=O)OCC(=O)c1ccc2c(c1)COc1cc3c(cc1-2)CCC(PC)C3=O. The van der Waals surface area contributed by atoms with Gasteiger partial charge in [0.2, 0.25) is 0 Å². The number of rotatable bonds is 5. The van der Waals surface area contributed by atoms with Crippen molar-refractivity contribution in [2.24, 2.45) is 0 Å². The van der Waals surface area contributed by atoms with E-state index in [0.717, 1.165) is 46.4 Å². The summed E-state index contributed by atoms with van der Waals surface area (Å²) in [5.41, 5.74) is 5.05. The number of fused-ring (bicyclic) bond motifs is 4. The van der Waals surface area contributed by atoms with E-state index in [-0.39, 0.29) is 38.1 Å². The summed E-state index contributed by atoms with van der Waals surface area (Å²) in [5, 5.41) is 0. The Balaban J connectivity index is 1.63. The molecule has 0 spiro atoms. The molecular weight excluding hydrogens is 406 g/mol. The van der Waals surface area contributed by atoms with Crippen LogP contribution in [0.2, 0.25) is 0 Å². The van der Waals surface area contributed by atoms with Gasteiger partial charge in [-0.1, -0.05) is 12.1 Å². The van der Waals surface area contributed by atoms with Crippen LogP contribution >= 0.6 is 17.2 Å². The molecule has 1 aliphatic carbocycles. The van der Waals surface area contributed by atoms with Gasteiger partial charge in [-0.05, 0) is 69.6 Å². The molecule has 2 aliphatic rings. The molecule has 3 unspecified atom stereocenters. The number of ether oxygens (including phenoxy) is 2. The smallest absolute Gasteiger partial charge is 0.323 e. The first-order valence-corrected chi connectivity index (χ1v) is 12.6. The van der Waals surface area contributed by atoms with Crippen molar-refractivity contribution in [3.8, 4) is 16.9 Å². The predicted molar refractivity (Wildman–Crippen MR) is 117 cm³/mol. The topological polar surface area (TPSA) is 69.7 Å². The van der Waals surface area contributed by atoms with Gasteiger partial charge in [0, 0.05) is 22.3 Å². The number of benzene rings is 2. The lowest BCUT2D eigenvalue weighted by atomic mass is 9.85. The molecule has 1 aliphatic heterocycles. The zero-order chi connectivity index (χ0) is 20.5. The molecule has 0 saturated carbocycles. The van der Waals surface area contributed by atoms with Crippen molar-refractivity contribution in [3.05, 3.63) is 52.6 Å². The molecule has 0 saturated heterocycles. The minimum absolute atomic E-state index is 0.0149. The zero-order valence-electron chi connectivity index (χ0n) is 16.3. The van der Waals surface area contributed by atoms with Crippen molar-refractivity contribution < 1.29 is 23.9 Å². The third kappa shape index (κ3) is 3.86. The number of carbonyl (C=O) groups is 3.